The smallest absolute Gasteiger partial charge is 0.462 e. The Bertz CT molecular complexity index is 1880. The van der Waals surface area contributed by atoms with Crippen molar-refractivity contribution in [3.8, 4) is 0 Å². The fourth-order valence-corrected chi connectivity index (χ4v) is 13.8. The molecule has 0 fully saturated rings. The van der Waals surface area contributed by atoms with Crippen LogP contribution in [-0.2, 0) is 65.4 Å². The van der Waals surface area contributed by atoms with Gasteiger partial charge in [0, 0.05) is 25.7 Å². The molecule has 0 heterocycles. The Morgan fingerprint density at radius 3 is 0.724 bits per heavy atom. The lowest BCUT2D eigenvalue weighted by Gasteiger charge is -2.21. The molecule has 0 aromatic rings. The van der Waals surface area contributed by atoms with Crippen molar-refractivity contribution in [3.63, 3.8) is 0 Å². The monoisotopic (exact) mass is 1440 g/mol. The third-order valence-corrected chi connectivity index (χ3v) is 20.8. The van der Waals surface area contributed by atoms with Gasteiger partial charge in [0.25, 0.3) is 0 Å². The number of hydrogen-bond acceptors (Lipinski definition) is 15. The number of ether oxygens (including phenoxy) is 4. The summed E-state index contributed by atoms with van der Waals surface area (Å²) in [5, 5.41) is 10.6. The first kappa shape index (κ1) is 96.1. The van der Waals surface area contributed by atoms with Crippen LogP contribution in [0.2, 0.25) is 0 Å². The minimum absolute atomic E-state index is 0.107. The molecule has 0 aromatic carbocycles. The van der Waals surface area contributed by atoms with E-state index < -0.39 is 97.5 Å². The van der Waals surface area contributed by atoms with Gasteiger partial charge in [-0.05, 0) is 31.6 Å². The van der Waals surface area contributed by atoms with Gasteiger partial charge in [0.15, 0.2) is 12.2 Å². The molecule has 0 aromatic heterocycles. The van der Waals surface area contributed by atoms with E-state index in [1.165, 1.54) is 244 Å². The van der Waals surface area contributed by atoms with Gasteiger partial charge in [-0.15, -0.1) is 0 Å². The Balaban J connectivity index is 5.18. The predicted molar refractivity (Wildman–Crippen MR) is 400 cm³/mol. The average Bonchev–Trinajstić information content (AvgIpc) is 0.953. The number of aliphatic hydroxyl groups excluding tert-OH is 1. The van der Waals surface area contributed by atoms with E-state index in [0.717, 1.165) is 95.8 Å². The number of carbonyl (C=O) groups excluding carboxylic acids is 4. The number of rotatable bonds is 79. The van der Waals surface area contributed by atoms with Crippen molar-refractivity contribution in [2.45, 2.75) is 438 Å². The second kappa shape index (κ2) is 72.0. The summed E-state index contributed by atoms with van der Waals surface area (Å²) in [6.07, 6.45) is 62.5. The number of hydrogen-bond donors (Lipinski definition) is 3. The average molecular weight is 1440 g/mol. The molecule has 98 heavy (non-hydrogen) atoms. The molecule has 0 aliphatic carbocycles. The van der Waals surface area contributed by atoms with Crippen LogP contribution in [0.25, 0.3) is 0 Å². The SMILES string of the molecule is CCCCCCCCCCCCCCCCCCCCCCCC(=O)O[C@H](COC(=O)CCCCCCCCCCCCCCCCC(C)CC)COP(=O)(O)OC[C@@H](O)COP(=O)(O)OC[C@@H](COC(=O)CCCCCCCCCCC)OC(=O)CCCCCCCCCCCC. The molecule has 0 aliphatic heterocycles. The zero-order valence-electron chi connectivity index (χ0n) is 63.9. The first-order valence-corrected chi connectivity index (χ1v) is 44.2. The van der Waals surface area contributed by atoms with Gasteiger partial charge >= 0.3 is 39.5 Å². The maximum atomic E-state index is 13.1. The van der Waals surface area contributed by atoms with Crippen LogP contribution in [0.1, 0.15) is 420 Å². The normalized spacial score (nSPS) is 14.2. The van der Waals surface area contributed by atoms with Crippen LogP contribution in [0.4, 0.5) is 0 Å². The third kappa shape index (κ3) is 71.1. The van der Waals surface area contributed by atoms with Crippen molar-refractivity contribution in [3.05, 3.63) is 0 Å². The van der Waals surface area contributed by atoms with Gasteiger partial charge in [0.05, 0.1) is 26.4 Å². The quantitative estimate of drug-likeness (QED) is 0.0222. The summed E-state index contributed by atoms with van der Waals surface area (Å²) in [4.78, 5) is 72.8. The van der Waals surface area contributed by atoms with Crippen LogP contribution in [0.3, 0.4) is 0 Å². The summed E-state index contributed by atoms with van der Waals surface area (Å²) < 4.78 is 68.5. The molecule has 0 amide bonds. The summed E-state index contributed by atoms with van der Waals surface area (Å²) in [5.74, 6) is -1.26. The van der Waals surface area contributed by atoms with E-state index in [1.54, 1.807) is 0 Å². The molecule has 0 saturated heterocycles. The minimum Gasteiger partial charge on any atom is -0.462 e. The van der Waals surface area contributed by atoms with E-state index in [-0.39, 0.29) is 25.7 Å². The Morgan fingerprint density at radius 1 is 0.286 bits per heavy atom. The number of carbonyl (C=O) groups is 4. The van der Waals surface area contributed by atoms with Crippen LogP contribution in [0.5, 0.6) is 0 Å². The number of phosphoric acid groups is 2. The van der Waals surface area contributed by atoms with Crippen molar-refractivity contribution in [2.24, 2.45) is 5.92 Å². The van der Waals surface area contributed by atoms with Gasteiger partial charge in [0.2, 0.25) is 0 Å². The fraction of sp³-hybridized carbons (Fsp3) is 0.949. The lowest BCUT2D eigenvalue weighted by Crippen LogP contribution is -2.30. The zero-order chi connectivity index (χ0) is 71.9. The minimum atomic E-state index is -4.96. The van der Waals surface area contributed by atoms with E-state index in [2.05, 4.69) is 34.6 Å². The fourth-order valence-electron chi connectivity index (χ4n) is 12.2. The molecule has 582 valence electrons. The van der Waals surface area contributed by atoms with Gasteiger partial charge < -0.3 is 33.8 Å². The van der Waals surface area contributed by atoms with Crippen molar-refractivity contribution in [1.29, 1.82) is 0 Å². The number of esters is 4. The van der Waals surface area contributed by atoms with Gasteiger partial charge in [-0.25, -0.2) is 9.13 Å². The molecule has 0 radical (unpaired) electrons. The van der Waals surface area contributed by atoms with Gasteiger partial charge in [-0.3, -0.25) is 37.3 Å². The molecule has 0 saturated carbocycles. The second-order valence-electron chi connectivity index (χ2n) is 28.7. The summed E-state index contributed by atoms with van der Waals surface area (Å²) in [5.41, 5.74) is 0. The summed E-state index contributed by atoms with van der Waals surface area (Å²) >= 11 is 0. The van der Waals surface area contributed by atoms with Crippen LogP contribution in [-0.4, -0.2) is 96.7 Å². The van der Waals surface area contributed by atoms with Crippen molar-refractivity contribution < 1.29 is 80.2 Å². The molecule has 3 unspecified atom stereocenters. The van der Waals surface area contributed by atoms with Gasteiger partial charge in [-0.2, -0.15) is 0 Å². The molecule has 0 rings (SSSR count). The van der Waals surface area contributed by atoms with Crippen LogP contribution < -0.4 is 0 Å². The molecular weight excluding hydrogens is 1280 g/mol. The molecule has 19 heteroatoms. The molecular formula is C79H154O17P2. The topological polar surface area (TPSA) is 237 Å². The maximum absolute atomic E-state index is 13.1. The highest BCUT2D eigenvalue weighted by molar-refractivity contribution is 7.47. The molecule has 0 spiro atoms. The highest BCUT2D eigenvalue weighted by Crippen LogP contribution is 2.45. The standard InChI is InChI=1S/C79H154O17P2/c1-6-10-13-16-19-22-24-25-26-27-28-29-30-31-32-37-40-45-50-55-60-65-79(84)96-75(69-90-77(82)63-58-53-48-44-39-36-34-33-35-38-42-46-51-56-61-72(5)9-4)71-94-98(87,88)92-67-73(80)66-91-97(85,86)93-70-74(68-89-76(81)62-57-52-47-41-21-18-15-12-8-3)95-78(83)64-59-54-49-43-23-20-17-14-11-7-2/h72-75,80H,6-71H2,1-5H3,(H,85,86)(H,87,88)/t72?,73-,74+,75+/m0/s1. The van der Waals surface area contributed by atoms with E-state index in [4.69, 9.17) is 37.0 Å². The number of aliphatic hydroxyl groups is 1. The van der Waals surface area contributed by atoms with E-state index in [0.29, 0.717) is 25.7 Å². The molecule has 0 bridgehead atoms. The largest absolute Gasteiger partial charge is 0.472 e. The van der Waals surface area contributed by atoms with Crippen molar-refractivity contribution in [1.82, 2.24) is 0 Å². The van der Waals surface area contributed by atoms with Gasteiger partial charge in [0.1, 0.15) is 19.3 Å². The van der Waals surface area contributed by atoms with E-state index in [1.807, 2.05) is 0 Å². The Kier molecular flexibility index (Phi) is 70.6. The van der Waals surface area contributed by atoms with E-state index in [9.17, 15) is 43.2 Å². The summed E-state index contributed by atoms with van der Waals surface area (Å²) in [6, 6.07) is 0. The summed E-state index contributed by atoms with van der Waals surface area (Å²) in [6.45, 7) is 7.34. The van der Waals surface area contributed by atoms with Crippen LogP contribution in [0.15, 0.2) is 0 Å². The highest BCUT2D eigenvalue weighted by atomic mass is 31.2. The second-order valence-corrected chi connectivity index (χ2v) is 31.6. The lowest BCUT2D eigenvalue weighted by atomic mass is 9.99. The molecule has 0 aliphatic rings. The first-order valence-electron chi connectivity index (χ1n) is 41.2. The number of unbranched alkanes of at least 4 members (excludes halogenated alkanes) is 50. The van der Waals surface area contributed by atoms with Crippen molar-refractivity contribution >= 4 is 39.5 Å². The van der Waals surface area contributed by atoms with Crippen LogP contribution >= 0.6 is 15.6 Å². The third-order valence-electron chi connectivity index (χ3n) is 18.9. The predicted octanol–water partition coefficient (Wildman–Crippen LogP) is 23.6. The van der Waals surface area contributed by atoms with E-state index >= 15 is 0 Å². The molecule has 6 atom stereocenters. The zero-order valence-corrected chi connectivity index (χ0v) is 65.7. The van der Waals surface area contributed by atoms with Gasteiger partial charge in [-0.1, -0.05) is 369 Å². The maximum Gasteiger partial charge on any atom is 0.472 e. The molecule has 3 N–H and O–H groups in total. The molecule has 17 nitrogen and oxygen atoms in total. The number of phosphoric ester groups is 2. The Morgan fingerprint density at radius 2 is 0.490 bits per heavy atom. The Hall–Kier alpha value is -1.94. The van der Waals surface area contributed by atoms with Crippen LogP contribution in [0, 0.1) is 5.92 Å². The lowest BCUT2D eigenvalue weighted by molar-refractivity contribution is -0.161. The summed E-state index contributed by atoms with van der Waals surface area (Å²) in [7, 11) is -9.91. The first-order chi connectivity index (χ1) is 47.6. The highest BCUT2D eigenvalue weighted by Gasteiger charge is 2.30. The van der Waals surface area contributed by atoms with Crippen molar-refractivity contribution in [2.75, 3.05) is 39.6 Å². The Labute approximate surface area is 600 Å².